The Bertz CT molecular complexity index is 402. The monoisotopic (exact) mass is 236 g/mol. The van der Waals surface area contributed by atoms with E-state index in [1.807, 2.05) is 25.9 Å². The minimum Gasteiger partial charge on any atom is -0.508 e. The summed E-state index contributed by atoms with van der Waals surface area (Å²) in [6, 6.07) is 5.14. The third kappa shape index (κ3) is 3.75. The molecule has 4 heteroatoms. The predicted octanol–water partition coefficient (Wildman–Crippen LogP) is 1.38. The molecule has 1 aromatic carbocycles. The lowest BCUT2D eigenvalue weighted by atomic mass is 10.1. The van der Waals surface area contributed by atoms with Gasteiger partial charge in [0.2, 0.25) is 0 Å². The SMILES string of the molecule is Cc1cc(C(=O)NCC(C)N(C)C)ccc1O. The Morgan fingerprint density at radius 1 is 1.47 bits per heavy atom. The van der Waals surface area contributed by atoms with Crippen LogP contribution in [0.2, 0.25) is 0 Å². The van der Waals surface area contributed by atoms with E-state index in [9.17, 15) is 9.90 Å². The van der Waals surface area contributed by atoms with Crippen LogP contribution in [0.5, 0.6) is 5.75 Å². The molecule has 0 bridgehead atoms. The summed E-state index contributed by atoms with van der Waals surface area (Å²) < 4.78 is 0. The van der Waals surface area contributed by atoms with Gasteiger partial charge in [-0.1, -0.05) is 0 Å². The van der Waals surface area contributed by atoms with Crippen molar-refractivity contribution in [1.82, 2.24) is 10.2 Å². The Morgan fingerprint density at radius 2 is 2.12 bits per heavy atom. The first-order valence-corrected chi connectivity index (χ1v) is 5.66. The summed E-state index contributed by atoms with van der Waals surface area (Å²) in [5, 5.41) is 12.2. The van der Waals surface area contributed by atoms with E-state index in [2.05, 4.69) is 5.32 Å². The third-order valence-corrected chi connectivity index (χ3v) is 2.90. The van der Waals surface area contributed by atoms with Crippen LogP contribution in [0.4, 0.5) is 0 Å². The molecule has 0 saturated carbocycles. The standard InChI is InChI=1S/C13H20N2O2/c1-9-7-11(5-6-12(9)16)13(17)14-8-10(2)15(3)4/h5-7,10,16H,8H2,1-4H3,(H,14,17). The molecule has 17 heavy (non-hydrogen) atoms. The minimum absolute atomic E-state index is 0.109. The van der Waals surface area contributed by atoms with Crippen LogP contribution in [0.15, 0.2) is 18.2 Å². The number of likely N-dealkylation sites (N-methyl/N-ethyl adjacent to an activating group) is 1. The third-order valence-electron chi connectivity index (χ3n) is 2.90. The van der Waals surface area contributed by atoms with Crippen molar-refractivity contribution in [3.63, 3.8) is 0 Å². The number of benzene rings is 1. The van der Waals surface area contributed by atoms with Crippen molar-refractivity contribution in [2.24, 2.45) is 0 Å². The number of rotatable bonds is 4. The zero-order chi connectivity index (χ0) is 13.0. The molecule has 1 aromatic rings. The molecule has 0 heterocycles. The van der Waals surface area contributed by atoms with E-state index in [-0.39, 0.29) is 17.7 Å². The molecule has 1 unspecified atom stereocenters. The van der Waals surface area contributed by atoms with E-state index in [4.69, 9.17) is 0 Å². The van der Waals surface area contributed by atoms with E-state index in [0.29, 0.717) is 17.7 Å². The van der Waals surface area contributed by atoms with E-state index in [0.717, 1.165) is 0 Å². The van der Waals surface area contributed by atoms with E-state index in [1.165, 1.54) is 0 Å². The van der Waals surface area contributed by atoms with Crippen LogP contribution in [0.1, 0.15) is 22.8 Å². The number of hydrogen-bond acceptors (Lipinski definition) is 3. The highest BCUT2D eigenvalue weighted by Crippen LogP contribution is 2.16. The van der Waals surface area contributed by atoms with Crippen molar-refractivity contribution in [3.8, 4) is 5.75 Å². The fraction of sp³-hybridized carbons (Fsp3) is 0.462. The number of aromatic hydroxyl groups is 1. The first kappa shape index (κ1) is 13.5. The summed E-state index contributed by atoms with van der Waals surface area (Å²) >= 11 is 0. The molecule has 0 aliphatic rings. The molecule has 0 spiro atoms. The van der Waals surface area contributed by atoms with Gasteiger partial charge < -0.3 is 15.3 Å². The maximum Gasteiger partial charge on any atom is 0.251 e. The van der Waals surface area contributed by atoms with Crippen molar-refractivity contribution < 1.29 is 9.90 Å². The second-order valence-corrected chi connectivity index (χ2v) is 4.52. The predicted molar refractivity (Wildman–Crippen MR) is 68.3 cm³/mol. The van der Waals surface area contributed by atoms with Gasteiger partial charge in [0.15, 0.2) is 0 Å². The van der Waals surface area contributed by atoms with Gasteiger partial charge in [0.1, 0.15) is 5.75 Å². The van der Waals surface area contributed by atoms with Crippen molar-refractivity contribution >= 4 is 5.91 Å². The maximum absolute atomic E-state index is 11.8. The van der Waals surface area contributed by atoms with Crippen molar-refractivity contribution in [3.05, 3.63) is 29.3 Å². The normalized spacial score (nSPS) is 12.5. The average Bonchev–Trinajstić information content (AvgIpc) is 2.28. The molecule has 0 fully saturated rings. The smallest absolute Gasteiger partial charge is 0.251 e. The molecule has 1 atom stereocenters. The summed E-state index contributed by atoms with van der Waals surface area (Å²) in [5.74, 6) is 0.102. The lowest BCUT2D eigenvalue weighted by Gasteiger charge is -2.20. The van der Waals surface area contributed by atoms with E-state index >= 15 is 0 Å². The van der Waals surface area contributed by atoms with Crippen LogP contribution in [0.25, 0.3) is 0 Å². The van der Waals surface area contributed by atoms with Gasteiger partial charge in [0.25, 0.3) is 5.91 Å². The minimum atomic E-state index is -0.109. The molecule has 0 aliphatic carbocycles. The molecule has 4 nitrogen and oxygen atoms in total. The van der Waals surface area contributed by atoms with Gasteiger partial charge in [0, 0.05) is 18.2 Å². The fourth-order valence-electron chi connectivity index (χ4n) is 1.32. The molecule has 1 amide bonds. The fourth-order valence-corrected chi connectivity index (χ4v) is 1.32. The molecule has 2 N–H and O–H groups in total. The van der Waals surface area contributed by atoms with Crippen molar-refractivity contribution in [1.29, 1.82) is 0 Å². The lowest BCUT2D eigenvalue weighted by Crippen LogP contribution is -2.38. The van der Waals surface area contributed by atoms with Gasteiger partial charge in [-0.05, 0) is 51.7 Å². The number of hydrogen-bond donors (Lipinski definition) is 2. The second-order valence-electron chi connectivity index (χ2n) is 4.52. The number of phenolic OH excluding ortho intramolecular Hbond substituents is 1. The zero-order valence-corrected chi connectivity index (χ0v) is 10.8. The molecule has 1 rings (SSSR count). The van der Waals surface area contributed by atoms with Crippen LogP contribution in [-0.4, -0.2) is 42.6 Å². The Labute approximate surface area is 102 Å². The topological polar surface area (TPSA) is 52.6 Å². The number of nitrogens with one attached hydrogen (secondary N) is 1. The van der Waals surface area contributed by atoms with Crippen LogP contribution in [-0.2, 0) is 0 Å². The van der Waals surface area contributed by atoms with E-state index < -0.39 is 0 Å². The molecule has 94 valence electrons. The molecular weight excluding hydrogens is 216 g/mol. The molecule has 0 aliphatic heterocycles. The van der Waals surface area contributed by atoms with Crippen molar-refractivity contribution in [2.45, 2.75) is 19.9 Å². The number of phenols is 1. The second kappa shape index (κ2) is 5.68. The highest BCUT2D eigenvalue weighted by Gasteiger charge is 2.10. The zero-order valence-electron chi connectivity index (χ0n) is 10.8. The quantitative estimate of drug-likeness (QED) is 0.830. The van der Waals surface area contributed by atoms with Gasteiger partial charge in [-0.3, -0.25) is 4.79 Å². The highest BCUT2D eigenvalue weighted by molar-refractivity contribution is 5.94. The molecule has 0 saturated heterocycles. The number of carbonyl (C=O) groups is 1. The Morgan fingerprint density at radius 3 is 2.65 bits per heavy atom. The average molecular weight is 236 g/mol. The molecule has 0 radical (unpaired) electrons. The van der Waals surface area contributed by atoms with Gasteiger partial charge in [-0.15, -0.1) is 0 Å². The largest absolute Gasteiger partial charge is 0.508 e. The van der Waals surface area contributed by atoms with Gasteiger partial charge >= 0.3 is 0 Å². The summed E-state index contributed by atoms with van der Waals surface area (Å²) in [5.41, 5.74) is 1.28. The summed E-state index contributed by atoms with van der Waals surface area (Å²) in [7, 11) is 3.95. The number of nitrogens with zero attached hydrogens (tertiary/aromatic N) is 1. The number of amides is 1. The molecule has 0 aromatic heterocycles. The van der Waals surface area contributed by atoms with Gasteiger partial charge in [-0.2, -0.15) is 0 Å². The van der Waals surface area contributed by atoms with Gasteiger partial charge in [-0.25, -0.2) is 0 Å². The summed E-state index contributed by atoms with van der Waals surface area (Å²) in [6.45, 7) is 4.42. The Kier molecular flexibility index (Phi) is 4.52. The van der Waals surface area contributed by atoms with Crippen LogP contribution in [0.3, 0.4) is 0 Å². The Balaban J connectivity index is 2.61. The number of aryl methyl sites for hydroxylation is 1. The van der Waals surface area contributed by atoms with Crippen molar-refractivity contribution in [2.75, 3.05) is 20.6 Å². The first-order valence-electron chi connectivity index (χ1n) is 5.66. The van der Waals surface area contributed by atoms with Crippen LogP contribution in [0, 0.1) is 6.92 Å². The first-order chi connectivity index (χ1) is 7.91. The summed E-state index contributed by atoms with van der Waals surface area (Å²) in [6.07, 6.45) is 0. The molecular formula is C13H20N2O2. The van der Waals surface area contributed by atoms with Crippen LogP contribution >= 0.6 is 0 Å². The Hall–Kier alpha value is -1.55. The van der Waals surface area contributed by atoms with Gasteiger partial charge in [0.05, 0.1) is 0 Å². The number of carbonyl (C=O) groups excluding carboxylic acids is 1. The summed E-state index contributed by atoms with van der Waals surface area (Å²) in [4.78, 5) is 13.9. The van der Waals surface area contributed by atoms with E-state index in [1.54, 1.807) is 25.1 Å². The maximum atomic E-state index is 11.8. The highest BCUT2D eigenvalue weighted by atomic mass is 16.3. The lowest BCUT2D eigenvalue weighted by molar-refractivity contribution is 0.0943. The van der Waals surface area contributed by atoms with Crippen LogP contribution < -0.4 is 5.32 Å².